The monoisotopic (exact) mass is 594 g/mol. The minimum absolute atomic E-state index is 0.0278. The third-order valence-electron chi connectivity index (χ3n) is 5.93. The molecular formula is C25H28BrClN4O4S. The van der Waals surface area contributed by atoms with E-state index in [9.17, 15) is 9.59 Å². The Morgan fingerprint density at radius 3 is 2.56 bits per heavy atom. The minimum atomic E-state index is -0.669. The molecule has 0 spiro atoms. The van der Waals surface area contributed by atoms with E-state index in [1.54, 1.807) is 17.2 Å². The van der Waals surface area contributed by atoms with Crippen LogP contribution in [0.15, 0.2) is 50.5 Å². The van der Waals surface area contributed by atoms with Crippen LogP contribution >= 0.6 is 38.9 Å². The quantitative estimate of drug-likeness (QED) is 0.454. The molecule has 0 bridgehead atoms. The Bertz CT molecular complexity index is 1200. The van der Waals surface area contributed by atoms with Crippen LogP contribution in [-0.2, 0) is 14.3 Å². The molecule has 0 saturated carbocycles. The van der Waals surface area contributed by atoms with Gasteiger partial charge < -0.3 is 19.7 Å². The van der Waals surface area contributed by atoms with Gasteiger partial charge >= 0.3 is 12.1 Å². The number of hydrogen-bond acceptors (Lipinski definition) is 8. The summed E-state index contributed by atoms with van der Waals surface area (Å²) in [5.41, 5.74) is 1.28. The Hall–Kier alpha value is -2.43. The van der Waals surface area contributed by atoms with Crippen molar-refractivity contribution in [1.29, 1.82) is 0 Å². The summed E-state index contributed by atoms with van der Waals surface area (Å²) < 4.78 is 11.6. The van der Waals surface area contributed by atoms with E-state index in [2.05, 4.69) is 26.2 Å². The van der Waals surface area contributed by atoms with E-state index in [4.69, 9.17) is 26.1 Å². The van der Waals surface area contributed by atoms with Crippen molar-refractivity contribution in [2.75, 3.05) is 20.2 Å². The van der Waals surface area contributed by atoms with Crippen LogP contribution in [0.4, 0.5) is 4.79 Å². The maximum atomic E-state index is 13.2. The molecule has 4 rings (SSSR count). The molecule has 0 aliphatic carbocycles. The van der Waals surface area contributed by atoms with Gasteiger partial charge in [-0.1, -0.05) is 33.6 Å². The third kappa shape index (κ3) is 5.92. The molecule has 2 aliphatic rings. The number of nitrogens with one attached hydrogen (secondary N) is 1. The predicted octanol–water partition coefficient (Wildman–Crippen LogP) is 5.72. The number of aromatic nitrogens is 1. The first-order valence-corrected chi connectivity index (χ1v) is 13.6. The van der Waals surface area contributed by atoms with Gasteiger partial charge in [-0.25, -0.2) is 14.6 Å². The molecule has 3 heterocycles. The van der Waals surface area contributed by atoms with Gasteiger partial charge in [0.1, 0.15) is 11.6 Å². The van der Waals surface area contributed by atoms with E-state index in [0.29, 0.717) is 52.9 Å². The van der Waals surface area contributed by atoms with Gasteiger partial charge in [-0.3, -0.25) is 4.99 Å². The molecule has 1 aromatic heterocycles. The summed E-state index contributed by atoms with van der Waals surface area (Å²) in [6.45, 7) is 6.57. The average molecular weight is 596 g/mol. The number of thiazole rings is 1. The van der Waals surface area contributed by atoms with Crippen LogP contribution in [0, 0.1) is 5.92 Å². The molecule has 1 amide bonds. The summed E-state index contributed by atoms with van der Waals surface area (Å²) in [6, 6.07) is 4.84. The Morgan fingerprint density at radius 2 is 1.97 bits per heavy atom. The van der Waals surface area contributed by atoms with Crippen molar-refractivity contribution in [3.8, 4) is 0 Å². The first kappa shape index (κ1) is 26.6. The summed E-state index contributed by atoms with van der Waals surface area (Å²) in [6.07, 6.45) is 2.68. The molecule has 8 nitrogen and oxygen atoms in total. The molecule has 1 N–H and O–H groups in total. The fourth-order valence-electron chi connectivity index (χ4n) is 4.30. The Morgan fingerprint density at radius 1 is 1.25 bits per heavy atom. The van der Waals surface area contributed by atoms with Crippen LogP contribution in [0.25, 0.3) is 0 Å². The molecule has 1 unspecified atom stereocenters. The van der Waals surface area contributed by atoms with Gasteiger partial charge in [0.15, 0.2) is 10.8 Å². The van der Waals surface area contributed by atoms with Crippen molar-refractivity contribution >= 4 is 56.8 Å². The molecule has 1 fully saturated rings. The molecule has 1 atom stereocenters. The topological polar surface area (TPSA) is 93.1 Å². The van der Waals surface area contributed by atoms with E-state index < -0.39 is 17.6 Å². The standard InChI is InChI=1S/C25H28BrClN4O4S/c1-25(2,3)35-24(33)31-10-7-14(8-11-31)19-18(23(32)34-4)20(16-6-5-15(26)13-17(16)27)30-21(29-19)22-28-9-12-36-22/h5-6,9,12-14,20H,7-8,10-11H2,1-4H3,(H,29,30). The second kappa shape index (κ2) is 10.9. The number of piperidine rings is 1. The highest BCUT2D eigenvalue weighted by molar-refractivity contribution is 9.10. The highest BCUT2D eigenvalue weighted by atomic mass is 79.9. The lowest BCUT2D eigenvalue weighted by atomic mass is 9.86. The highest BCUT2D eigenvalue weighted by Gasteiger charge is 2.38. The van der Waals surface area contributed by atoms with Crippen LogP contribution in [0.1, 0.15) is 50.2 Å². The van der Waals surface area contributed by atoms with Crippen LogP contribution in [0.5, 0.6) is 0 Å². The van der Waals surface area contributed by atoms with Crippen molar-refractivity contribution in [1.82, 2.24) is 15.2 Å². The van der Waals surface area contributed by atoms with E-state index >= 15 is 0 Å². The SMILES string of the molecule is COC(=O)C1=C(C2CCN(C(=O)OC(C)(C)C)CC2)NC(c2nccs2)=NC1c1ccc(Br)cc1Cl. The number of carbonyl (C=O) groups is 2. The number of likely N-dealkylation sites (tertiary alicyclic amines) is 1. The molecule has 192 valence electrons. The number of allylic oxidation sites excluding steroid dienone is 1. The first-order chi connectivity index (χ1) is 17.1. The number of aliphatic imine (C=N–C) groups is 1. The fourth-order valence-corrected chi connectivity index (χ4v) is 5.66. The number of ether oxygens (including phenoxy) is 2. The molecular weight excluding hydrogens is 568 g/mol. The van der Waals surface area contributed by atoms with Crippen LogP contribution in [-0.4, -0.2) is 53.6 Å². The first-order valence-electron chi connectivity index (χ1n) is 11.6. The molecule has 2 aromatic rings. The maximum absolute atomic E-state index is 13.2. The third-order valence-corrected chi connectivity index (χ3v) is 7.53. The van der Waals surface area contributed by atoms with Crippen molar-refractivity contribution in [3.63, 3.8) is 0 Å². The molecule has 2 aliphatic heterocycles. The van der Waals surface area contributed by atoms with Gasteiger partial charge in [0.05, 0.1) is 12.7 Å². The number of nitrogens with zero attached hydrogens (tertiary/aromatic N) is 3. The van der Waals surface area contributed by atoms with Crippen LogP contribution in [0.2, 0.25) is 5.02 Å². The number of methoxy groups -OCH3 is 1. The summed E-state index contributed by atoms with van der Waals surface area (Å²) in [5.74, 6) is 0.0733. The fraction of sp³-hybridized carbons (Fsp3) is 0.440. The highest BCUT2D eigenvalue weighted by Crippen LogP contribution is 2.40. The lowest BCUT2D eigenvalue weighted by Crippen LogP contribution is -2.44. The Kier molecular flexibility index (Phi) is 8.06. The van der Waals surface area contributed by atoms with Crippen molar-refractivity contribution in [2.45, 2.75) is 45.3 Å². The van der Waals surface area contributed by atoms with Gasteiger partial charge in [-0.2, -0.15) is 0 Å². The van der Waals surface area contributed by atoms with Crippen molar-refractivity contribution < 1.29 is 19.1 Å². The predicted molar refractivity (Wildman–Crippen MR) is 143 cm³/mol. The number of halogens is 2. The summed E-state index contributed by atoms with van der Waals surface area (Å²) in [7, 11) is 1.36. The van der Waals surface area contributed by atoms with Crippen LogP contribution < -0.4 is 5.32 Å². The van der Waals surface area contributed by atoms with Crippen molar-refractivity contribution in [3.05, 3.63) is 61.1 Å². The summed E-state index contributed by atoms with van der Waals surface area (Å²) in [4.78, 5) is 36.8. The molecule has 1 aromatic carbocycles. The normalized spacial score (nSPS) is 19.0. The average Bonchev–Trinajstić information content (AvgIpc) is 3.37. The number of carbonyl (C=O) groups excluding carboxylic acids is 2. The van der Waals surface area contributed by atoms with E-state index in [1.165, 1.54) is 18.4 Å². The minimum Gasteiger partial charge on any atom is -0.466 e. The zero-order valence-electron chi connectivity index (χ0n) is 20.5. The maximum Gasteiger partial charge on any atom is 0.410 e. The lowest BCUT2D eigenvalue weighted by molar-refractivity contribution is -0.136. The van der Waals surface area contributed by atoms with Gasteiger partial charge in [0, 0.05) is 51.3 Å². The largest absolute Gasteiger partial charge is 0.466 e. The number of amidine groups is 1. The summed E-state index contributed by atoms with van der Waals surface area (Å²) in [5, 5.41) is 6.46. The van der Waals surface area contributed by atoms with E-state index in [1.807, 2.05) is 38.3 Å². The molecule has 0 radical (unpaired) electrons. The zero-order valence-corrected chi connectivity index (χ0v) is 23.7. The van der Waals surface area contributed by atoms with Gasteiger partial charge in [0.2, 0.25) is 0 Å². The van der Waals surface area contributed by atoms with Crippen molar-refractivity contribution in [2.24, 2.45) is 10.9 Å². The molecule has 36 heavy (non-hydrogen) atoms. The van der Waals surface area contributed by atoms with Gasteiger partial charge in [-0.05, 0) is 45.7 Å². The number of esters is 1. The number of amides is 1. The second-order valence-corrected chi connectivity index (χ2v) is 11.8. The summed E-state index contributed by atoms with van der Waals surface area (Å²) >= 11 is 11.5. The van der Waals surface area contributed by atoms with Gasteiger partial charge in [0.25, 0.3) is 0 Å². The van der Waals surface area contributed by atoms with E-state index in [-0.39, 0.29) is 12.0 Å². The second-order valence-electron chi connectivity index (χ2n) is 9.57. The number of hydrogen-bond donors (Lipinski definition) is 1. The number of benzene rings is 1. The molecule has 1 saturated heterocycles. The van der Waals surface area contributed by atoms with Crippen LogP contribution in [0.3, 0.4) is 0 Å². The molecule has 11 heteroatoms. The zero-order chi connectivity index (χ0) is 26.0. The number of rotatable bonds is 4. The Balaban J connectivity index is 1.71. The lowest BCUT2D eigenvalue weighted by Gasteiger charge is -2.37. The smallest absolute Gasteiger partial charge is 0.410 e. The Labute approximate surface area is 227 Å². The van der Waals surface area contributed by atoms with E-state index in [0.717, 1.165) is 10.2 Å². The van der Waals surface area contributed by atoms with Gasteiger partial charge in [-0.15, -0.1) is 11.3 Å².